The Balaban J connectivity index is 1.89. The summed E-state index contributed by atoms with van der Waals surface area (Å²) in [5.41, 5.74) is 2.23. The highest BCUT2D eigenvalue weighted by Crippen LogP contribution is 2.14. The molecule has 0 unspecified atom stereocenters. The molecule has 0 saturated heterocycles. The van der Waals surface area contributed by atoms with Crippen molar-refractivity contribution in [2.45, 2.75) is 19.9 Å². The number of ether oxygens (including phenoxy) is 1. The van der Waals surface area contributed by atoms with E-state index in [0.717, 1.165) is 36.1 Å². The molecule has 0 bridgehead atoms. The fourth-order valence-electron chi connectivity index (χ4n) is 2.50. The molecule has 0 atom stereocenters. The van der Waals surface area contributed by atoms with E-state index in [-0.39, 0.29) is 12.5 Å². The number of carbonyl (C=O) groups excluding carboxylic acids is 1. The monoisotopic (exact) mass is 416 g/mol. The van der Waals surface area contributed by atoms with Crippen molar-refractivity contribution in [3.05, 3.63) is 64.7 Å². The van der Waals surface area contributed by atoms with Crippen LogP contribution < -0.4 is 15.4 Å². The van der Waals surface area contributed by atoms with Gasteiger partial charge in [-0.05, 0) is 48.7 Å². The van der Waals surface area contributed by atoms with E-state index in [1.54, 1.807) is 14.1 Å². The maximum absolute atomic E-state index is 11.7. The second-order valence-electron chi connectivity index (χ2n) is 6.72. The first kappa shape index (κ1) is 22.6. The van der Waals surface area contributed by atoms with Gasteiger partial charge in [0.1, 0.15) is 5.75 Å². The van der Waals surface area contributed by atoms with Crippen molar-refractivity contribution in [2.75, 3.05) is 33.8 Å². The van der Waals surface area contributed by atoms with Crippen LogP contribution in [0.15, 0.2) is 53.5 Å². The molecule has 2 N–H and O–H groups in total. The predicted molar refractivity (Wildman–Crippen MR) is 119 cm³/mol. The van der Waals surface area contributed by atoms with Crippen LogP contribution in [0.25, 0.3) is 0 Å². The van der Waals surface area contributed by atoms with Crippen molar-refractivity contribution < 1.29 is 9.53 Å². The molecule has 0 radical (unpaired) electrons. The number of guanidine groups is 1. The Kier molecular flexibility index (Phi) is 9.31. The van der Waals surface area contributed by atoms with Gasteiger partial charge in [0.05, 0.1) is 6.54 Å². The first-order chi connectivity index (χ1) is 14.0. The first-order valence-corrected chi connectivity index (χ1v) is 10.0. The molecule has 2 rings (SSSR count). The van der Waals surface area contributed by atoms with Gasteiger partial charge in [-0.15, -0.1) is 0 Å². The van der Waals surface area contributed by atoms with Gasteiger partial charge in [-0.2, -0.15) is 0 Å². The van der Waals surface area contributed by atoms with Crippen LogP contribution in [-0.2, 0) is 17.8 Å². The van der Waals surface area contributed by atoms with E-state index in [0.29, 0.717) is 12.3 Å². The van der Waals surface area contributed by atoms with Gasteiger partial charge in [0.2, 0.25) is 0 Å². The van der Waals surface area contributed by atoms with E-state index in [1.165, 1.54) is 10.5 Å². The molecule has 0 aliphatic rings. The van der Waals surface area contributed by atoms with Crippen LogP contribution in [0, 0.1) is 0 Å². The molecular weight excluding hydrogens is 388 g/mol. The Morgan fingerprint density at radius 3 is 2.55 bits per heavy atom. The van der Waals surface area contributed by atoms with Crippen LogP contribution in [0.4, 0.5) is 0 Å². The molecule has 0 heterocycles. The van der Waals surface area contributed by atoms with E-state index in [2.05, 4.69) is 15.6 Å². The molecule has 0 saturated carbocycles. The van der Waals surface area contributed by atoms with Crippen LogP contribution in [0.3, 0.4) is 0 Å². The zero-order valence-corrected chi connectivity index (χ0v) is 18.0. The molecule has 0 spiro atoms. The number of likely N-dealkylation sites (N-methyl/N-ethyl adjacent to an activating group) is 1. The average Bonchev–Trinajstić information content (AvgIpc) is 2.72. The lowest BCUT2D eigenvalue weighted by Gasteiger charge is -2.13. The van der Waals surface area contributed by atoms with Crippen molar-refractivity contribution in [1.29, 1.82) is 0 Å². The van der Waals surface area contributed by atoms with Gasteiger partial charge in [0.25, 0.3) is 5.91 Å². The van der Waals surface area contributed by atoms with Crippen LogP contribution in [0.5, 0.6) is 5.75 Å². The fraction of sp³-hybridized carbons (Fsp3) is 0.364. The minimum Gasteiger partial charge on any atom is -0.484 e. The van der Waals surface area contributed by atoms with Gasteiger partial charge in [-0.1, -0.05) is 35.9 Å². The van der Waals surface area contributed by atoms with Crippen LogP contribution >= 0.6 is 11.6 Å². The molecule has 0 aliphatic carbocycles. The highest BCUT2D eigenvalue weighted by molar-refractivity contribution is 6.30. The highest BCUT2D eigenvalue weighted by Gasteiger charge is 2.05. The second-order valence-corrected chi connectivity index (χ2v) is 7.16. The zero-order chi connectivity index (χ0) is 21.1. The van der Waals surface area contributed by atoms with Gasteiger partial charge in [0, 0.05) is 32.2 Å². The Labute approximate surface area is 177 Å². The van der Waals surface area contributed by atoms with E-state index < -0.39 is 0 Å². The standard InChI is InChI=1S/C22H29ClN4O2/c1-4-24-22(25-13-12-17-8-10-19(23)11-9-17)26-15-18-6-5-7-20(14-18)29-16-21(28)27(2)3/h5-11,14H,4,12-13,15-16H2,1-3H3,(H2,24,25,26). The molecule has 6 nitrogen and oxygen atoms in total. The number of nitrogens with one attached hydrogen (secondary N) is 2. The number of hydrogen-bond donors (Lipinski definition) is 2. The predicted octanol–water partition coefficient (Wildman–Crippen LogP) is 3.10. The van der Waals surface area contributed by atoms with E-state index in [9.17, 15) is 4.79 Å². The lowest BCUT2D eigenvalue weighted by Crippen LogP contribution is -2.38. The molecular formula is C22H29ClN4O2. The van der Waals surface area contributed by atoms with Gasteiger partial charge < -0.3 is 20.3 Å². The molecule has 7 heteroatoms. The highest BCUT2D eigenvalue weighted by atomic mass is 35.5. The van der Waals surface area contributed by atoms with Crippen molar-refractivity contribution in [2.24, 2.45) is 4.99 Å². The summed E-state index contributed by atoms with van der Waals surface area (Å²) in [7, 11) is 3.41. The largest absolute Gasteiger partial charge is 0.484 e. The summed E-state index contributed by atoms with van der Waals surface area (Å²) >= 11 is 5.92. The smallest absolute Gasteiger partial charge is 0.259 e. The van der Waals surface area contributed by atoms with Gasteiger partial charge in [-0.3, -0.25) is 4.79 Å². The van der Waals surface area contributed by atoms with Crippen LogP contribution in [-0.4, -0.2) is 50.6 Å². The summed E-state index contributed by atoms with van der Waals surface area (Å²) in [5.74, 6) is 1.34. The SMILES string of the molecule is CCNC(=NCc1cccc(OCC(=O)N(C)C)c1)NCCc1ccc(Cl)cc1. The zero-order valence-electron chi connectivity index (χ0n) is 17.2. The molecule has 0 aromatic heterocycles. The van der Waals surface area contributed by atoms with E-state index in [1.807, 2.05) is 55.5 Å². The Hall–Kier alpha value is -2.73. The number of aliphatic imine (C=N–C) groups is 1. The third-order valence-corrected chi connectivity index (χ3v) is 4.39. The quantitative estimate of drug-likeness (QED) is 0.487. The first-order valence-electron chi connectivity index (χ1n) is 9.66. The van der Waals surface area contributed by atoms with Crippen molar-refractivity contribution in [3.8, 4) is 5.75 Å². The maximum Gasteiger partial charge on any atom is 0.259 e. The maximum atomic E-state index is 11.7. The Bertz CT molecular complexity index is 807. The molecule has 2 aromatic carbocycles. The van der Waals surface area contributed by atoms with Gasteiger partial charge in [-0.25, -0.2) is 4.99 Å². The number of hydrogen-bond acceptors (Lipinski definition) is 3. The summed E-state index contributed by atoms with van der Waals surface area (Å²) in [6, 6.07) is 15.5. The van der Waals surface area contributed by atoms with E-state index in [4.69, 9.17) is 16.3 Å². The average molecular weight is 417 g/mol. The van der Waals surface area contributed by atoms with Gasteiger partial charge >= 0.3 is 0 Å². The molecule has 2 aromatic rings. The lowest BCUT2D eigenvalue weighted by molar-refractivity contribution is -0.130. The summed E-state index contributed by atoms with van der Waals surface area (Å²) < 4.78 is 5.57. The third kappa shape index (κ3) is 8.44. The second kappa shape index (κ2) is 12.0. The number of amides is 1. The number of rotatable bonds is 9. The molecule has 29 heavy (non-hydrogen) atoms. The normalized spacial score (nSPS) is 11.1. The van der Waals surface area contributed by atoms with Crippen molar-refractivity contribution in [3.63, 3.8) is 0 Å². The number of nitrogens with zero attached hydrogens (tertiary/aromatic N) is 2. The van der Waals surface area contributed by atoms with Crippen molar-refractivity contribution in [1.82, 2.24) is 15.5 Å². The summed E-state index contributed by atoms with van der Waals surface area (Å²) in [5, 5.41) is 7.34. The lowest BCUT2D eigenvalue weighted by atomic mass is 10.1. The molecule has 0 aliphatic heterocycles. The van der Waals surface area contributed by atoms with Crippen LogP contribution in [0.2, 0.25) is 5.02 Å². The van der Waals surface area contributed by atoms with Gasteiger partial charge in [0.15, 0.2) is 12.6 Å². The van der Waals surface area contributed by atoms with E-state index >= 15 is 0 Å². The molecule has 0 fully saturated rings. The van der Waals surface area contributed by atoms with Crippen LogP contribution in [0.1, 0.15) is 18.1 Å². The fourth-order valence-corrected chi connectivity index (χ4v) is 2.62. The third-order valence-electron chi connectivity index (χ3n) is 4.14. The number of benzene rings is 2. The minimum absolute atomic E-state index is 0.0224. The molecule has 156 valence electrons. The Morgan fingerprint density at radius 1 is 1.10 bits per heavy atom. The number of halogens is 1. The summed E-state index contributed by atoms with van der Waals surface area (Å²) in [6.07, 6.45) is 0.880. The topological polar surface area (TPSA) is 66.0 Å². The summed E-state index contributed by atoms with van der Waals surface area (Å²) in [6.45, 7) is 4.11. The number of carbonyl (C=O) groups is 1. The summed E-state index contributed by atoms with van der Waals surface area (Å²) in [4.78, 5) is 17.8. The molecule has 1 amide bonds. The minimum atomic E-state index is -0.0762. The Morgan fingerprint density at radius 2 is 1.86 bits per heavy atom. The van der Waals surface area contributed by atoms with Crippen molar-refractivity contribution >= 4 is 23.5 Å².